The normalized spacial score (nSPS) is 14.4. The van der Waals surface area contributed by atoms with E-state index in [0.717, 1.165) is 31.5 Å². The van der Waals surface area contributed by atoms with Crippen LogP contribution in [0.15, 0.2) is 18.2 Å². The zero-order chi connectivity index (χ0) is 18.1. The van der Waals surface area contributed by atoms with E-state index in [1.165, 1.54) is 22.8 Å². The molecule has 132 valence electrons. The van der Waals surface area contributed by atoms with Gasteiger partial charge in [-0.05, 0) is 43.1 Å². The molecule has 7 nitrogen and oxygen atoms in total. The van der Waals surface area contributed by atoms with Gasteiger partial charge in [-0.25, -0.2) is 9.59 Å². The quantitative estimate of drug-likeness (QED) is 0.825. The molecule has 0 amide bonds. The Kier molecular flexibility index (Phi) is 4.59. The van der Waals surface area contributed by atoms with Gasteiger partial charge in [0.05, 0.1) is 11.1 Å². The fourth-order valence-corrected chi connectivity index (χ4v) is 3.45. The van der Waals surface area contributed by atoms with Crippen molar-refractivity contribution in [2.75, 3.05) is 13.1 Å². The smallest absolute Gasteiger partial charge is 0.395 e. The molecule has 0 radical (unpaired) electrons. The number of carboxylic acids is 2. The predicted octanol–water partition coefficient (Wildman–Crippen LogP) is 2.22. The molecule has 2 N–H and O–H groups in total. The van der Waals surface area contributed by atoms with Gasteiger partial charge in [-0.15, -0.1) is 0 Å². The van der Waals surface area contributed by atoms with Crippen LogP contribution >= 0.6 is 0 Å². The first-order valence-electron chi connectivity index (χ1n) is 8.33. The zero-order valence-corrected chi connectivity index (χ0v) is 14.0. The van der Waals surface area contributed by atoms with Crippen LogP contribution in [0.1, 0.15) is 46.2 Å². The first-order chi connectivity index (χ1) is 11.9. The predicted molar refractivity (Wildman–Crippen MR) is 91.0 cm³/mol. The van der Waals surface area contributed by atoms with Crippen molar-refractivity contribution in [2.24, 2.45) is 0 Å². The summed E-state index contributed by atoms with van der Waals surface area (Å²) in [4.78, 5) is 37.0. The number of hydrogen-bond donors (Lipinski definition) is 2. The van der Waals surface area contributed by atoms with E-state index in [0.29, 0.717) is 29.6 Å². The number of rotatable bonds is 4. The lowest BCUT2D eigenvalue weighted by molar-refractivity contribution is -0.132. The summed E-state index contributed by atoms with van der Waals surface area (Å²) >= 11 is 0. The Labute approximate surface area is 144 Å². The van der Waals surface area contributed by atoms with Gasteiger partial charge >= 0.3 is 17.8 Å². The molecule has 2 aromatic rings. The first-order valence-corrected chi connectivity index (χ1v) is 8.33. The molecular weight excluding hydrogens is 324 g/mol. The van der Waals surface area contributed by atoms with Gasteiger partial charge in [-0.2, -0.15) is 0 Å². The van der Waals surface area contributed by atoms with Gasteiger partial charge in [0.15, 0.2) is 0 Å². The summed E-state index contributed by atoms with van der Waals surface area (Å²) in [5, 5.41) is 19.1. The summed E-state index contributed by atoms with van der Waals surface area (Å²) in [6, 6.07) is 4.45. The minimum absolute atomic E-state index is 0.128. The average Bonchev–Trinajstić information content (AvgIpc) is 2.91. The molecule has 0 saturated heterocycles. The molecule has 7 heteroatoms. The molecule has 1 aromatic heterocycles. The van der Waals surface area contributed by atoms with Crippen molar-refractivity contribution in [1.29, 1.82) is 0 Å². The lowest BCUT2D eigenvalue weighted by Gasteiger charge is -2.27. The summed E-state index contributed by atoms with van der Waals surface area (Å²) in [6.45, 7) is 4.29. The minimum atomic E-state index is -1.52. The van der Waals surface area contributed by atoms with E-state index in [1.54, 1.807) is 0 Å². The number of hydrogen-bond acceptors (Lipinski definition) is 4. The van der Waals surface area contributed by atoms with E-state index in [1.807, 2.05) is 0 Å². The summed E-state index contributed by atoms with van der Waals surface area (Å²) in [7, 11) is 0. The third-order valence-corrected chi connectivity index (χ3v) is 4.69. The maximum absolute atomic E-state index is 12.3. The van der Waals surface area contributed by atoms with E-state index in [9.17, 15) is 24.6 Å². The van der Waals surface area contributed by atoms with Crippen LogP contribution < -0.4 is 0 Å². The Balaban J connectivity index is 2.16. The molecule has 0 unspecified atom stereocenters. The van der Waals surface area contributed by atoms with Crippen LogP contribution in [0, 0.1) is 0 Å². The first kappa shape index (κ1) is 17.2. The van der Waals surface area contributed by atoms with Crippen LogP contribution in [0.5, 0.6) is 0 Å². The molecule has 1 aliphatic rings. The Bertz CT molecular complexity index is 868. The Morgan fingerprint density at radius 3 is 2.60 bits per heavy atom. The van der Waals surface area contributed by atoms with Gasteiger partial charge in [0.25, 0.3) is 0 Å². The van der Waals surface area contributed by atoms with Crippen molar-refractivity contribution >= 4 is 28.7 Å². The van der Waals surface area contributed by atoms with Crippen molar-refractivity contribution < 1.29 is 24.6 Å². The highest BCUT2D eigenvalue weighted by atomic mass is 16.4. The Morgan fingerprint density at radius 1 is 1.20 bits per heavy atom. The molecule has 0 atom stereocenters. The molecule has 0 fully saturated rings. The fraction of sp³-hybridized carbons (Fsp3) is 0.389. The number of fused-ring (bicyclic) bond motifs is 3. The molecule has 0 bridgehead atoms. The molecule has 0 aliphatic carbocycles. The Hall–Kier alpha value is -2.67. The second-order valence-electron chi connectivity index (χ2n) is 6.29. The van der Waals surface area contributed by atoms with Crippen molar-refractivity contribution in [3.63, 3.8) is 0 Å². The third kappa shape index (κ3) is 3.02. The number of unbranched alkanes of at least 4 members (excludes halogenated alkanes) is 1. The fourth-order valence-electron chi connectivity index (χ4n) is 3.45. The molecular formula is C18H20N2O5. The van der Waals surface area contributed by atoms with Gasteiger partial charge in [-0.1, -0.05) is 13.3 Å². The highest BCUT2D eigenvalue weighted by molar-refractivity contribution is 6.34. The maximum atomic E-state index is 12.3. The van der Waals surface area contributed by atoms with E-state index < -0.39 is 17.8 Å². The third-order valence-electron chi connectivity index (χ3n) is 4.69. The molecule has 2 heterocycles. The van der Waals surface area contributed by atoms with Crippen LogP contribution in [0.2, 0.25) is 0 Å². The second-order valence-corrected chi connectivity index (χ2v) is 6.29. The van der Waals surface area contributed by atoms with Gasteiger partial charge in [0, 0.05) is 24.2 Å². The summed E-state index contributed by atoms with van der Waals surface area (Å²) in [5.41, 5.74) is 2.12. The zero-order valence-electron chi connectivity index (χ0n) is 14.0. The van der Waals surface area contributed by atoms with Crippen molar-refractivity contribution in [3.8, 4) is 0 Å². The molecule has 0 saturated carbocycles. The number of benzene rings is 1. The van der Waals surface area contributed by atoms with E-state index in [2.05, 4.69) is 11.8 Å². The largest absolute Gasteiger partial charge is 0.478 e. The van der Waals surface area contributed by atoms with Crippen LogP contribution in [0.4, 0.5) is 0 Å². The molecule has 1 aliphatic heterocycles. The summed E-state index contributed by atoms with van der Waals surface area (Å²) in [6.07, 6.45) is 2.76. The number of aromatic nitrogens is 1. The summed E-state index contributed by atoms with van der Waals surface area (Å²) in [5.74, 6) is -3.58. The number of carbonyl (C=O) groups excluding carboxylic acids is 1. The highest BCUT2D eigenvalue weighted by Crippen LogP contribution is 2.32. The molecule has 1 aromatic carbocycles. The van der Waals surface area contributed by atoms with E-state index >= 15 is 0 Å². The maximum Gasteiger partial charge on any atom is 0.395 e. The van der Waals surface area contributed by atoms with Crippen LogP contribution in [0.3, 0.4) is 0 Å². The van der Waals surface area contributed by atoms with E-state index in [4.69, 9.17) is 0 Å². The lowest BCUT2D eigenvalue weighted by atomic mass is 10.0. The average molecular weight is 344 g/mol. The number of nitrogens with zero attached hydrogens (tertiary/aromatic N) is 2. The monoisotopic (exact) mass is 344 g/mol. The number of carboxylic acid groups (broad SMARTS) is 2. The number of aromatic carboxylic acids is 1. The molecule has 25 heavy (non-hydrogen) atoms. The van der Waals surface area contributed by atoms with Gasteiger partial charge in [0.2, 0.25) is 0 Å². The Morgan fingerprint density at radius 2 is 1.96 bits per heavy atom. The SMILES string of the molecule is CCCCN1CCc2c(n(C(=O)C(=O)O)c3ccc(C(=O)O)cc23)C1. The van der Waals surface area contributed by atoms with Crippen molar-refractivity contribution in [3.05, 3.63) is 35.0 Å². The van der Waals surface area contributed by atoms with Crippen LogP contribution in [-0.2, 0) is 17.8 Å². The number of carbonyl (C=O) groups is 3. The van der Waals surface area contributed by atoms with Crippen LogP contribution in [-0.4, -0.2) is 50.6 Å². The van der Waals surface area contributed by atoms with Gasteiger partial charge in [0.1, 0.15) is 0 Å². The van der Waals surface area contributed by atoms with Crippen LogP contribution in [0.25, 0.3) is 10.9 Å². The molecule has 3 rings (SSSR count). The number of aliphatic carboxylic acids is 1. The van der Waals surface area contributed by atoms with Gasteiger partial charge < -0.3 is 10.2 Å². The minimum Gasteiger partial charge on any atom is -0.478 e. The van der Waals surface area contributed by atoms with E-state index in [-0.39, 0.29) is 5.56 Å². The van der Waals surface area contributed by atoms with Crippen molar-refractivity contribution in [1.82, 2.24) is 9.47 Å². The van der Waals surface area contributed by atoms with Crippen molar-refractivity contribution in [2.45, 2.75) is 32.7 Å². The molecule has 0 spiro atoms. The second kappa shape index (κ2) is 6.68. The van der Waals surface area contributed by atoms with Gasteiger partial charge in [-0.3, -0.25) is 14.3 Å². The topological polar surface area (TPSA) is 99.8 Å². The lowest BCUT2D eigenvalue weighted by Crippen LogP contribution is -2.34. The highest BCUT2D eigenvalue weighted by Gasteiger charge is 2.29. The summed E-state index contributed by atoms with van der Waals surface area (Å²) < 4.78 is 1.23. The standard InChI is InChI=1S/C18H20N2O5/c1-2-3-7-19-8-6-12-13-9-11(17(22)23)4-5-14(13)20(15(12)10-19)16(21)18(24)25/h4-5,9H,2-3,6-8,10H2,1H3,(H,22,23)(H,24,25).